The number of ether oxygens (including phenoxy) is 1. The predicted molar refractivity (Wildman–Crippen MR) is 69.4 cm³/mol. The summed E-state index contributed by atoms with van der Waals surface area (Å²) in [5.74, 6) is 0.892. The molecule has 0 aromatic carbocycles. The Balaban J connectivity index is 2.36. The molecule has 2 nitrogen and oxygen atoms in total. The Labute approximate surface area is 101 Å². The van der Waals surface area contributed by atoms with Crippen molar-refractivity contribution in [3.63, 3.8) is 0 Å². The summed E-state index contributed by atoms with van der Waals surface area (Å²) in [6.07, 6.45) is 6.39. The van der Waals surface area contributed by atoms with Crippen molar-refractivity contribution in [2.75, 3.05) is 13.2 Å². The highest BCUT2D eigenvalue weighted by molar-refractivity contribution is 4.85. The number of rotatable bonds is 4. The molecule has 1 rings (SSSR count). The summed E-state index contributed by atoms with van der Waals surface area (Å²) in [5.41, 5.74) is 6.33. The maximum absolute atomic E-state index is 5.98. The molecule has 2 N–H and O–H groups in total. The molecule has 0 aliphatic heterocycles. The minimum Gasteiger partial charge on any atom is -0.376 e. The van der Waals surface area contributed by atoms with Gasteiger partial charge in [-0.1, -0.05) is 19.8 Å². The summed E-state index contributed by atoms with van der Waals surface area (Å²) in [6.45, 7) is 10.4. The smallest absolute Gasteiger partial charge is 0.0598 e. The second kappa shape index (κ2) is 5.50. The van der Waals surface area contributed by atoms with Crippen LogP contribution in [0.4, 0.5) is 0 Å². The van der Waals surface area contributed by atoms with Crippen LogP contribution in [-0.2, 0) is 4.74 Å². The molecule has 0 spiro atoms. The quantitative estimate of drug-likeness (QED) is 0.799. The number of nitrogens with two attached hydrogens (primary N) is 1. The summed E-state index contributed by atoms with van der Waals surface area (Å²) in [6, 6.07) is 0. The van der Waals surface area contributed by atoms with Crippen LogP contribution in [0, 0.1) is 11.3 Å². The van der Waals surface area contributed by atoms with Crippen molar-refractivity contribution in [3.8, 4) is 0 Å². The van der Waals surface area contributed by atoms with Crippen molar-refractivity contribution in [2.24, 2.45) is 17.1 Å². The molecule has 0 saturated heterocycles. The molecule has 0 amide bonds. The fourth-order valence-electron chi connectivity index (χ4n) is 2.50. The van der Waals surface area contributed by atoms with Crippen LogP contribution in [0.25, 0.3) is 0 Å². The first kappa shape index (κ1) is 14.0. The maximum atomic E-state index is 5.98. The van der Waals surface area contributed by atoms with E-state index in [-0.39, 0.29) is 5.60 Å². The van der Waals surface area contributed by atoms with Crippen LogP contribution in [0.3, 0.4) is 0 Å². The van der Waals surface area contributed by atoms with E-state index in [4.69, 9.17) is 10.5 Å². The van der Waals surface area contributed by atoms with Gasteiger partial charge in [0.1, 0.15) is 0 Å². The van der Waals surface area contributed by atoms with E-state index in [0.29, 0.717) is 5.41 Å². The van der Waals surface area contributed by atoms with Crippen LogP contribution in [0.2, 0.25) is 0 Å². The lowest BCUT2D eigenvalue weighted by molar-refractivity contribution is -0.0242. The summed E-state index contributed by atoms with van der Waals surface area (Å²) in [5, 5.41) is 0. The Morgan fingerprint density at radius 2 is 1.81 bits per heavy atom. The Bertz CT molecular complexity index is 199. The molecule has 0 unspecified atom stereocenters. The van der Waals surface area contributed by atoms with Gasteiger partial charge in [0.15, 0.2) is 0 Å². The van der Waals surface area contributed by atoms with Gasteiger partial charge in [0.05, 0.1) is 5.60 Å². The van der Waals surface area contributed by atoms with E-state index in [2.05, 4.69) is 27.7 Å². The molecule has 1 aliphatic rings. The van der Waals surface area contributed by atoms with Crippen LogP contribution in [0.1, 0.15) is 59.8 Å². The van der Waals surface area contributed by atoms with Crippen molar-refractivity contribution < 1.29 is 4.74 Å². The molecule has 2 heteroatoms. The average molecular weight is 227 g/mol. The minimum atomic E-state index is -0.0161. The standard InChI is InChI=1S/C14H29NO/c1-12-5-7-14(11-15,8-6-12)9-10-16-13(2,3)4/h12H,5-11,15H2,1-4H3. The first-order chi connectivity index (χ1) is 7.37. The van der Waals surface area contributed by atoms with Crippen LogP contribution in [0.5, 0.6) is 0 Å². The lowest BCUT2D eigenvalue weighted by Crippen LogP contribution is -2.36. The zero-order valence-electron chi connectivity index (χ0n) is 11.5. The van der Waals surface area contributed by atoms with E-state index in [1.807, 2.05) is 0 Å². The first-order valence-electron chi connectivity index (χ1n) is 6.71. The average Bonchev–Trinajstić information content (AvgIpc) is 2.20. The van der Waals surface area contributed by atoms with E-state index in [1.165, 1.54) is 25.7 Å². The number of hydrogen-bond donors (Lipinski definition) is 1. The monoisotopic (exact) mass is 227 g/mol. The van der Waals surface area contributed by atoms with Gasteiger partial charge in [0.2, 0.25) is 0 Å². The molecule has 1 saturated carbocycles. The summed E-state index contributed by atoms with van der Waals surface area (Å²) in [7, 11) is 0. The third kappa shape index (κ3) is 4.42. The van der Waals surface area contributed by atoms with Crippen LogP contribution in [-0.4, -0.2) is 18.8 Å². The van der Waals surface area contributed by atoms with Crippen molar-refractivity contribution in [1.82, 2.24) is 0 Å². The lowest BCUT2D eigenvalue weighted by atomic mass is 9.69. The van der Waals surface area contributed by atoms with Gasteiger partial charge in [0.25, 0.3) is 0 Å². The molecule has 1 aliphatic carbocycles. The molecular weight excluding hydrogens is 198 g/mol. The molecule has 0 atom stereocenters. The molecule has 0 aromatic rings. The van der Waals surface area contributed by atoms with E-state index >= 15 is 0 Å². The predicted octanol–water partition coefficient (Wildman–Crippen LogP) is 3.35. The van der Waals surface area contributed by atoms with Crippen molar-refractivity contribution in [2.45, 2.75) is 65.4 Å². The Morgan fingerprint density at radius 3 is 2.25 bits per heavy atom. The highest BCUT2D eigenvalue weighted by Crippen LogP contribution is 2.40. The second-order valence-corrected chi connectivity index (χ2v) is 6.60. The molecule has 16 heavy (non-hydrogen) atoms. The highest BCUT2D eigenvalue weighted by atomic mass is 16.5. The van der Waals surface area contributed by atoms with E-state index < -0.39 is 0 Å². The fraction of sp³-hybridized carbons (Fsp3) is 1.00. The molecule has 96 valence electrons. The van der Waals surface area contributed by atoms with E-state index in [9.17, 15) is 0 Å². The van der Waals surface area contributed by atoms with Crippen LogP contribution in [0.15, 0.2) is 0 Å². The van der Waals surface area contributed by atoms with Crippen LogP contribution >= 0.6 is 0 Å². The lowest BCUT2D eigenvalue weighted by Gasteiger charge is -2.39. The van der Waals surface area contributed by atoms with Crippen molar-refractivity contribution >= 4 is 0 Å². The third-order valence-corrected chi connectivity index (χ3v) is 3.94. The Morgan fingerprint density at radius 1 is 1.25 bits per heavy atom. The van der Waals surface area contributed by atoms with Gasteiger partial charge in [-0.2, -0.15) is 0 Å². The van der Waals surface area contributed by atoms with Gasteiger partial charge >= 0.3 is 0 Å². The Kier molecular flexibility index (Phi) is 4.81. The molecule has 0 bridgehead atoms. The number of hydrogen-bond acceptors (Lipinski definition) is 2. The zero-order valence-corrected chi connectivity index (χ0v) is 11.5. The normalized spacial score (nSPS) is 31.7. The topological polar surface area (TPSA) is 35.2 Å². The SMILES string of the molecule is CC1CCC(CN)(CCOC(C)(C)C)CC1. The van der Waals surface area contributed by atoms with Gasteiger partial charge in [-0.05, 0) is 57.9 Å². The van der Waals surface area contributed by atoms with Gasteiger partial charge in [0, 0.05) is 6.61 Å². The van der Waals surface area contributed by atoms with Crippen LogP contribution < -0.4 is 5.73 Å². The molecule has 1 fully saturated rings. The Hall–Kier alpha value is -0.0800. The van der Waals surface area contributed by atoms with E-state index in [0.717, 1.165) is 25.5 Å². The molecule has 0 aromatic heterocycles. The van der Waals surface area contributed by atoms with Gasteiger partial charge in [-0.15, -0.1) is 0 Å². The zero-order chi connectivity index (χ0) is 12.2. The first-order valence-corrected chi connectivity index (χ1v) is 6.71. The molecular formula is C14H29NO. The van der Waals surface area contributed by atoms with Gasteiger partial charge < -0.3 is 10.5 Å². The van der Waals surface area contributed by atoms with Crippen molar-refractivity contribution in [3.05, 3.63) is 0 Å². The van der Waals surface area contributed by atoms with Gasteiger partial charge in [-0.3, -0.25) is 0 Å². The summed E-state index contributed by atoms with van der Waals surface area (Å²) >= 11 is 0. The summed E-state index contributed by atoms with van der Waals surface area (Å²) < 4.78 is 5.83. The third-order valence-electron chi connectivity index (χ3n) is 3.94. The maximum Gasteiger partial charge on any atom is 0.0598 e. The van der Waals surface area contributed by atoms with E-state index in [1.54, 1.807) is 0 Å². The fourth-order valence-corrected chi connectivity index (χ4v) is 2.50. The minimum absolute atomic E-state index is 0.0161. The highest BCUT2D eigenvalue weighted by Gasteiger charge is 2.32. The summed E-state index contributed by atoms with van der Waals surface area (Å²) in [4.78, 5) is 0. The molecule has 0 radical (unpaired) electrons. The second-order valence-electron chi connectivity index (χ2n) is 6.60. The molecule has 0 heterocycles. The van der Waals surface area contributed by atoms with Crippen molar-refractivity contribution in [1.29, 1.82) is 0 Å². The largest absolute Gasteiger partial charge is 0.376 e. The van der Waals surface area contributed by atoms with Gasteiger partial charge in [-0.25, -0.2) is 0 Å².